The first kappa shape index (κ1) is 13.6. The van der Waals surface area contributed by atoms with Crippen LogP contribution in [0.2, 0.25) is 0 Å². The maximum atomic E-state index is 12.2. The molecule has 18 heavy (non-hydrogen) atoms. The molecule has 0 amide bonds. The van der Waals surface area contributed by atoms with Crippen molar-refractivity contribution in [1.29, 1.82) is 0 Å². The SMILES string of the molecule is CC(NS(=O)(=O)c1ccsc1CN)c1nccs1. The van der Waals surface area contributed by atoms with Gasteiger partial charge in [0.25, 0.3) is 0 Å². The van der Waals surface area contributed by atoms with Crippen LogP contribution in [0.15, 0.2) is 27.9 Å². The Morgan fingerprint density at radius 2 is 2.22 bits per heavy atom. The Bertz CT molecular complexity index is 604. The maximum Gasteiger partial charge on any atom is 0.242 e. The fourth-order valence-electron chi connectivity index (χ4n) is 1.51. The number of rotatable bonds is 5. The van der Waals surface area contributed by atoms with E-state index in [0.29, 0.717) is 4.88 Å². The molecule has 0 saturated carbocycles. The standard InChI is InChI=1S/C10H13N3O2S3/c1-7(10-12-3-5-17-10)13-18(14,15)9-2-4-16-8(9)6-11/h2-5,7,13H,6,11H2,1H3. The van der Waals surface area contributed by atoms with Gasteiger partial charge in [0.15, 0.2) is 0 Å². The maximum absolute atomic E-state index is 12.2. The highest BCUT2D eigenvalue weighted by atomic mass is 32.2. The first-order chi connectivity index (χ1) is 8.54. The summed E-state index contributed by atoms with van der Waals surface area (Å²) < 4.78 is 27.0. The minimum absolute atomic E-state index is 0.222. The van der Waals surface area contributed by atoms with E-state index >= 15 is 0 Å². The molecule has 0 fully saturated rings. The highest BCUT2D eigenvalue weighted by molar-refractivity contribution is 7.89. The number of thiophene rings is 1. The minimum Gasteiger partial charge on any atom is -0.326 e. The third-order valence-electron chi connectivity index (χ3n) is 2.33. The molecule has 98 valence electrons. The van der Waals surface area contributed by atoms with Crippen molar-refractivity contribution in [2.45, 2.75) is 24.4 Å². The van der Waals surface area contributed by atoms with E-state index in [0.717, 1.165) is 5.01 Å². The molecular weight excluding hydrogens is 290 g/mol. The molecule has 0 aliphatic rings. The van der Waals surface area contributed by atoms with Crippen LogP contribution in [0.5, 0.6) is 0 Å². The number of hydrogen-bond acceptors (Lipinski definition) is 6. The molecule has 0 spiro atoms. The van der Waals surface area contributed by atoms with Crippen LogP contribution in [0.4, 0.5) is 0 Å². The molecule has 8 heteroatoms. The number of thiazole rings is 1. The largest absolute Gasteiger partial charge is 0.326 e. The molecular formula is C10H13N3O2S3. The van der Waals surface area contributed by atoms with Gasteiger partial charge in [0.05, 0.1) is 10.9 Å². The van der Waals surface area contributed by atoms with Gasteiger partial charge in [-0.2, -0.15) is 0 Å². The van der Waals surface area contributed by atoms with E-state index in [1.165, 1.54) is 22.7 Å². The topological polar surface area (TPSA) is 85.1 Å². The summed E-state index contributed by atoms with van der Waals surface area (Å²) in [6.45, 7) is 1.99. The summed E-state index contributed by atoms with van der Waals surface area (Å²) >= 11 is 2.76. The molecule has 0 bridgehead atoms. The molecule has 3 N–H and O–H groups in total. The van der Waals surface area contributed by atoms with Crippen molar-refractivity contribution in [2.75, 3.05) is 0 Å². The van der Waals surface area contributed by atoms with Gasteiger partial charge in [0, 0.05) is 23.0 Å². The van der Waals surface area contributed by atoms with Gasteiger partial charge in [-0.1, -0.05) is 0 Å². The summed E-state index contributed by atoms with van der Waals surface area (Å²) in [5, 5.41) is 4.28. The molecule has 5 nitrogen and oxygen atoms in total. The summed E-state index contributed by atoms with van der Waals surface area (Å²) in [6.07, 6.45) is 1.65. The third-order valence-corrected chi connectivity index (χ3v) is 5.99. The summed E-state index contributed by atoms with van der Waals surface area (Å²) in [5.41, 5.74) is 5.53. The van der Waals surface area contributed by atoms with Crippen molar-refractivity contribution in [1.82, 2.24) is 9.71 Å². The predicted molar refractivity (Wildman–Crippen MR) is 73.1 cm³/mol. The van der Waals surface area contributed by atoms with Gasteiger partial charge in [-0.3, -0.25) is 0 Å². The molecule has 0 aliphatic carbocycles. The van der Waals surface area contributed by atoms with Crippen molar-refractivity contribution >= 4 is 32.7 Å². The molecule has 0 radical (unpaired) electrons. The fourth-order valence-corrected chi connectivity index (χ4v) is 4.78. The van der Waals surface area contributed by atoms with Crippen molar-refractivity contribution in [2.24, 2.45) is 5.73 Å². The minimum atomic E-state index is -3.54. The smallest absolute Gasteiger partial charge is 0.242 e. The molecule has 2 rings (SSSR count). The van der Waals surface area contributed by atoms with E-state index in [4.69, 9.17) is 5.73 Å². The Morgan fingerprint density at radius 3 is 2.83 bits per heavy atom. The van der Waals surface area contributed by atoms with Crippen LogP contribution in [-0.4, -0.2) is 13.4 Å². The Labute approximate surface area is 114 Å². The van der Waals surface area contributed by atoms with E-state index < -0.39 is 10.0 Å². The van der Waals surface area contributed by atoms with Crippen molar-refractivity contribution in [3.05, 3.63) is 32.9 Å². The van der Waals surface area contributed by atoms with E-state index in [9.17, 15) is 8.42 Å². The molecule has 1 atom stereocenters. The summed E-state index contributed by atoms with van der Waals surface area (Å²) in [7, 11) is -3.54. The molecule has 0 saturated heterocycles. The van der Waals surface area contributed by atoms with Gasteiger partial charge in [-0.25, -0.2) is 18.1 Å². The average Bonchev–Trinajstić information content (AvgIpc) is 2.99. The Morgan fingerprint density at radius 1 is 1.44 bits per heavy atom. The number of nitrogens with one attached hydrogen (secondary N) is 1. The average molecular weight is 303 g/mol. The van der Waals surface area contributed by atoms with E-state index in [2.05, 4.69) is 9.71 Å². The summed E-state index contributed by atoms with van der Waals surface area (Å²) in [6, 6.07) is 1.23. The lowest BCUT2D eigenvalue weighted by atomic mass is 10.4. The number of nitrogens with two attached hydrogens (primary N) is 1. The normalized spacial score (nSPS) is 13.7. The van der Waals surface area contributed by atoms with Crippen LogP contribution in [-0.2, 0) is 16.6 Å². The molecule has 2 aromatic rings. The summed E-state index contributed by atoms with van der Waals surface area (Å²) in [5.74, 6) is 0. The van der Waals surface area contributed by atoms with Crippen LogP contribution in [0.25, 0.3) is 0 Å². The quantitative estimate of drug-likeness (QED) is 0.880. The Hall–Kier alpha value is -0.800. The molecule has 0 aliphatic heterocycles. The number of aromatic nitrogens is 1. The van der Waals surface area contributed by atoms with Crippen molar-refractivity contribution in [3.8, 4) is 0 Å². The summed E-state index contributed by atoms with van der Waals surface area (Å²) in [4.78, 5) is 5.02. The highest BCUT2D eigenvalue weighted by Crippen LogP contribution is 2.24. The van der Waals surface area contributed by atoms with E-state index in [1.807, 2.05) is 5.38 Å². The lowest BCUT2D eigenvalue weighted by Gasteiger charge is -2.11. The Balaban J connectivity index is 2.23. The van der Waals surface area contributed by atoms with Gasteiger partial charge in [-0.05, 0) is 18.4 Å². The Kier molecular flexibility index (Phi) is 4.13. The second-order valence-corrected chi connectivity index (χ2v) is 7.23. The monoisotopic (exact) mass is 303 g/mol. The second kappa shape index (κ2) is 5.45. The van der Waals surface area contributed by atoms with Gasteiger partial charge in [-0.15, -0.1) is 22.7 Å². The van der Waals surface area contributed by atoms with Crippen LogP contribution < -0.4 is 10.5 Å². The van der Waals surface area contributed by atoms with Crippen LogP contribution in [0, 0.1) is 0 Å². The first-order valence-electron chi connectivity index (χ1n) is 5.22. The zero-order chi connectivity index (χ0) is 13.2. The third kappa shape index (κ3) is 2.78. The number of hydrogen-bond donors (Lipinski definition) is 2. The van der Waals surface area contributed by atoms with Gasteiger partial charge < -0.3 is 5.73 Å². The number of nitrogens with zero attached hydrogens (tertiary/aromatic N) is 1. The van der Waals surface area contributed by atoms with Gasteiger partial charge in [0.2, 0.25) is 10.0 Å². The first-order valence-corrected chi connectivity index (χ1v) is 8.47. The van der Waals surface area contributed by atoms with Crippen molar-refractivity contribution < 1.29 is 8.42 Å². The van der Waals surface area contributed by atoms with Crippen LogP contribution in [0.3, 0.4) is 0 Å². The molecule has 1 unspecified atom stereocenters. The molecule has 0 aromatic carbocycles. The lowest BCUT2D eigenvalue weighted by Crippen LogP contribution is -2.27. The fraction of sp³-hybridized carbons (Fsp3) is 0.300. The zero-order valence-corrected chi connectivity index (χ0v) is 12.1. The lowest BCUT2D eigenvalue weighted by molar-refractivity contribution is 0.566. The van der Waals surface area contributed by atoms with Crippen molar-refractivity contribution in [3.63, 3.8) is 0 Å². The predicted octanol–water partition coefficient (Wildman–Crippen LogP) is 1.70. The zero-order valence-electron chi connectivity index (χ0n) is 9.66. The van der Waals surface area contributed by atoms with E-state index in [1.54, 1.807) is 24.6 Å². The van der Waals surface area contributed by atoms with Crippen LogP contribution >= 0.6 is 22.7 Å². The second-order valence-electron chi connectivity index (χ2n) is 3.63. The molecule has 2 heterocycles. The van der Waals surface area contributed by atoms with Gasteiger partial charge in [0.1, 0.15) is 5.01 Å². The van der Waals surface area contributed by atoms with Crippen LogP contribution in [0.1, 0.15) is 22.9 Å². The molecule has 2 aromatic heterocycles. The number of sulfonamides is 1. The van der Waals surface area contributed by atoms with Gasteiger partial charge >= 0.3 is 0 Å². The van der Waals surface area contributed by atoms with E-state index in [-0.39, 0.29) is 17.5 Å². The highest BCUT2D eigenvalue weighted by Gasteiger charge is 2.22.